The summed E-state index contributed by atoms with van der Waals surface area (Å²) in [5, 5.41) is 7.56. The van der Waals surface area contributed by atoms with E-state index >= 15 is 0 Å². The van der Waals surface area contributed by atoms with E-state index in [2.05, 4.69) is 10.4 Å². The van der Waals surface area contributed by atoms with Crippen molar-refractivity contribution in [2.45, 2.75) is 45.1 Å². The number of aromatic nitrogens is 2. The number of benzene rings is 2. The Kier molecular flexibility index (Phi) is 7.10. The lowest BCUT2D eigenvalue weighted by atomic mass is 9.90. The molecule has 1 aromatic heterocycles. The highest BCUT2D eigenvalue weighted by molar-refractivity contribution is 6.05. The van der Waals surface area contributed by atoms with Crippen LogP contribution in [-0.4, -0.2) is 52.5 Å². The summed E-state index contributed by atoms with van der Waals surface area (Å²) in [6.45, 7) is 6.70. The van der Waals surface area contributed by atoms with Crippen LogP contribution in [0, 0.1) is 0 Å². The van der Waals surface area contributed by atoms with Gasteiger partial charge in [0, 0.05) is 30.8 Å². The Labute approximate surface area is 205 Å². The van der Waals surface area contributed by atoms with E-state index in [1.165, 1.54) is 0 Å². The first-order valence-corrected chi connectivity index (χ1v) is 11.8. The number of rotatable bonds is 5. The Hall–Kier alpha value is -3.81. The molecule has 2 heterocycles. The van der Waals surface area contributed by atoms with Crippen LogP contribution in [0.5, 0.6) is 5.75 Å². The van der Waals surface area contributed by atoms with E-state index < -0.39 is 5.60 Å². The summed E-state index contributed by atoms with van der Waals surface area (Å²) in [5.41, 5.74) is 2.36. The Morgan fingerprint density at radius 1 is 1.03 bits per heavy atom. The van der Waals surface area contributed by atoms with Crippen LogP contribution in [0.25, 0.3) is 5.69 Å². The van der Waals surface area contributed by atoms with Crippen LogP contribution in [-0.2, 0) is 4.74 Å². The molecule has 4 rings (SSSR count). The Bertz CT molecular complexity index is 1180. The largest absolute Gasteiger partial charge is 0.497 e. The molecule has 0 bridgehead atoms. The highest BCUT2D eigenvalue weighted by Gasteiger charge is 2.32. The number of carbonyl (C=O) groups excluding carboxylic acids is 2. The molecule has 1 aliphatic heterocycles. The second-order valence-electron chi connectivity index (χ2n) is 9.62. The Morgan fingerprint density at radius 3 is 2.40 bits per heavy atom. The van der Waals surface area contributed by atoms with Gasteiger partial charge in [0.2, 0.25) is 0 Å². The fraction of sp³-hybridized carbons (Fsp3) is 0.370. The molecule has 8 nitrogen and oxygen atoms in total. The highest BCUT2D eigenvalue weighted by atomic mass is 16.6. The van der Waals surface area contributed by atoms with Crippen LogP contribution < -0.4 is 10.1 Å². The van der Waals surface area contributed by atoms with Gasteiger partial charge in [-0.1, -0.05) is 24.3 Å². The second kappa shape index (κ2) is 10.2. The molecule has 8 heteroatoms. The van der Waals surface area contributed by atoms with Crippen LogP contribution >= 0.6 is 0 Å². The van der Waals surface area contributed by atoms with Crippen LogP contribution in [0.3, 0.4) is 0 Å². The minimum Gasteiger partial charge on any atom is -0.497 e. The smallest absolute Gasteiger partial charge is 0.410 e. The first-order chi connectivity index (χ1) is 16.7. The predicted molar refractivity (Wildman–Crippen MR) is 134 cm³/mol. The lowest BCUT2D eigenvalue weighted by molar-refractivity contribution is 0.0203. The number of methoxy groups -OCH3 is 1. The molecular weight excluding hydrogens is 444 g/mol. The average molecular weight is 477 g/mol. The van der Waals surface area contributed by atoms with Crippen molar-refractivity contribution < 1.29 is 19.1 Å². The van der Waals surface area contributed by atoms with Crippen molar-refractivity contribution in [3.8, 4) is 11.4 Å². The third-order valence-electron chi connectivity index (χ3n) is 5.91. The Balaban J connectivity index is 1.59. The molecule has 1 aliphatic rings. The van der Waals surface area contributed by atoms with Gasteiger partial charge in [-0.2, -0.15) is 5.10 Å². The van der Waals surface area contributed by atoms with Gasteiger partial charge in [-0.3, -0.25) is 4.79 Å². The second-order valence-corrected chi connectivity index (χ2v) is 9.62. The normalized spacial score (nSPS) is 14.5. The molecule has 0 radical (unpaired) electrons. The molecule has 0 atom stereocenters. The lowest BCUT2D eigenvalue weighted by Gasteiger charge is -2.34. The molecule has 0 saturated carbocycles. The van der Waals surface area contributed by atoms with Crippen molar-refractivity contribution in [3.63, 3.8) is 0 Å². The summed E-state index contributed by atoms with van der Waals surface area (Å²) in [5.74, 6) is 0.491. The molecule has 0 unspecified atom stereocenters. The maximum atomic E-state index is 13.4. The van der Waals surface area contributed by atoms with Gasteiger partial charge in [-0.15, -0.1) is 0 Å². The zero-order chi connectivity index (χ0) is 25.0. The van der Waals surface area contributed by atoms with Gasteiger partial charge in [0.1, 0.15) is 11.4 Å². The summed E-state index contributed by atoms with van der Waals surface area (Å²) in [6.07, 6.45) is 2.73. The van der Waals surface area contributed by atoms with E-state index in [0.29, 0.717) is 42.9 Å². The number of anilines is 1. The fourth-order valence-corrected chi connectivity index (χ4v) is 4.26. The molecule has 0 aliphatic carbocycles. The molecule has 0 spiro atoms. The number of hydrogen-bond acceptors (Lipinski definition) is 5. The van der Waals surface area contributed by atoms with E-state index in [-0.39, 0.29) is 17.9 Å². The summed E-state index contributed by atoms with van der Waals surface area (Å²) in [4.78, 5) is 27.6. The van der Waals surface area contributed by atoms with Crippen molar-refractivity contribution in [2.75, 3.05) is 25.5 Å². The average Bonchev–Trinajstić information content (AvgIpc) is 3.29. The number of nitrogens with one attached hydrogen (secondary N) is 1. The number of amides is 2. The zero-order valence-electron chi connectivity index (χ0n) is 20.7. The highest BCUT2D eigenvalue weighted by Crippen LogP contribution is 2.33. The van der Waals surface area contributed by atoms with Crippen molar-refractivity contribution in [1.29, 1.82) is 0 Å². The van der Waals surface area contributed by atoms with Gasteiger partial charge < -0.3 is 19.7 Å². The first-order valence-electron chi connectivity index (χ1n) is 11.8. The maximum Gasteiger partial charge on any atom is 0.410 e. The van der Waals surface area contributed by atoms with E-state index in [4.69, 9.17) is 9.47 Å². The van der Waals surface area contributed by atoms with Gasteiger partial charge >= 0.3 is 6.09 Å². The van der Waals surface area contributed by atoms with E-state index in [0.717, 1.165) is 11.4 Å². The first kappa shape index (κ1) is 24.3. The Morgan fingerprint density at radius 2 is 1.74 bits per heavy atom. The summed E-state index contributed by atoms with van der Waals surface area (Å²) >= 11 is 0. The number of ether oxygens (including phenoxy) is 2. The quantitative estimate of drug-likeness (QED) is 0.544. The lowest BCUT2D eigenvalue weighted by Crippen LogP contribution is -2.41. The van der Waals surface area contributed by atoms with E-state index in [1.54, 1.807) is 24.3 Å². The molecule has 1 N–H and O–H groups in total. The number of carbonyl (C=O) groups is 2. The number of para-hydroxylation sites is 1. The van der Waals surface area contributed by atoms with Crippen molar-refractivity contribution in [3.05, 3.63) is 72.1 Å². The number of nitrogens with zero attached hydrogens (tertiary/aromatic N) is 3. The molecular formula is C27H32N4O4. The number of piperidine rings is 1. The minimum absolute atomic E-state index is 0.0578. The zero-order valence-corrected chi connectivity index (χ0v) is 20.7. The molecule has 2 aromatic carbocycles. The van der Waals surface area contributed by atoms with Crippen molar-refractivity contribution in [2.24, 2.45) is 0 Å². The minimum atomic E-state index is -0.536. The molecule has 3 aromatic rings. The van der Waals surface area contributed by atoms with Gasteiger partial charge in [-0.25, -0.2) is 9.48 Å². The monoisotopic (exact) mass is 476 g/mol. The number of likely N-dealkylation sites (tertiary alicyclic amines) is 1. The molecule has 2 amide bonds. The van der Waals surface area contributed by atoms with Crippen LogP contribution in [0.1, 0.15) is 55.6 Å². The van der Waals surface area contributed by atoms with Gasteiger partial charge in [-0.05, 0) is 57.9 Å². The third kappa shape index (κ3) is 5.82. The van der Waals surface area contributed by atoms with Crippen molar-refractivity contribution >= 4 is 17.7 Å². The van der Waals surface area contributed by atoms with Crippen molar-refractivity contribution in [1.82, 2.24) is 14.7 Å². The SMILES string of the molecule is COc1cccc(NC(=O)c2cnn(-c3ccccc3)c2C2CCN(C(=O)OC(C)(C)C)CC2)c1. The standard InChI is InChI=1S/C27H32N4O4/c1-27(2,3)35-26(33)30-15-13-19(14-16-30)24-23(18-28-31(24)21-10-6-5-7-11-21)25(32)29-20-9-8-12-22(17-20)34-4/h5-12,17-19H,13-16H2,1-4H3,(H,29,32). The van der Waals surface area contributed by atoms with E-state index in [9.17, 15) is 9.59 Å². The van der Waals surface area contributed by atoms with E-state index in [1.807, 2.05) is 74.0 Å². The van der Waals surface area contributed by atoms with Crippen LogP contribution in [0.15, 0.2) is 60.8 Å². The van der Waals surface area contributed by atoms with Crippen LogP contribution in [0.4, 0.5) is 10.5 Å². The van der Waals surface area contributed by atoms with Gasteiger partial charge in [0.05, 0.1) is 30.3 Å². The number of hydrogen-bond donors (Lipinski definition) is 1. The topological polar surface area (TPSA) is 85.7 Å². The fourth-order valence-electron chi connectivity index (χ4n) is 4.26. The van der Waals surface area contributed by atoms with Gasteiger partial charge in [0.25, 0.3) is 5.91 Å². The van der Waals surface area contributed by atoms with Crippen LogP contribution in [0.2, 0.25) is 0 Å². The summed E-state index contributed by atoms with van der Waals surface area (Å²) < 4.78 is 12.7. The molecule has 1 fully saturated rings. The molecule has 35 heavy (non-hydrogen) atoms. The maximum absolute atomic E-state index is 13.4. The third-order valence-corrected chi connectivity index (χ3v) is 5.91. The summed E-state index contributed by atoms with van der Waals surface area (Å²) in [6, 6.07) is 17.0. The van der Waals surface area contributed by atoms with Gasteiger partial charge in [0.15, 0.2) is 0 Å². The summed E-state index contributed by atoms with van der Waals surface area (Å²) in [7, 11) is 1.59. The predicted octanol–water partition coefficient (Wildman–Crippen LogP) is 5.25. The molecule has 1 saturated heterocycles. The molecule has 184 valence electrons.